The molecule has 1 N–H and O–H groups in total. The molecule has 0 radical (unpaired) electrons. The fourth-order valence-electron chi connectivity index (χ4n) is 2.81. The lowest BCUT2D eigenvalue weighted by Crippen LogP contribution is -2.40. The lowest BCUT2D eigenvalue weighted by Gasteiger charge is -2.36. The van der Waals surface area contributed by atoms with Gasteiger partial charge in [-0.2, -0.15) is 0 Å². The molecule has 0 saturated carbocycles. The highest BCUT2D eigenvalue weighted by atomic mass is 35.5. The highest BCUT2D eigenvalue weighted by Crippen LogP contribution is 2.31. The molecule has 0 amide bonds. The first kappa shape index (κ1) is 15.1. The molecule has 20 heavy (non-hydrogen) atoms. The van der Waals surface area contributed by atoms with Crippen LogP contribution in [0.1, 0.15) is 35.7 Å². The van der Waals surface area contributed by atoms with E-state index in [4.69, 9.17) is 16.3 Å². The molecule has 2 rings (SSSR count). The summed E-state index contributed by atoms with van der Waals surface area (Å²) in [6.07, 6.45) is 1.92. The van der Waals surface area contributed by atoms with E-state index in [-0.39, 0.29) is 5.56 Å². The number of carboxylic acids is 1. The Balaban J connectivity index is 2.40. The van der Waals surface area contributed by atoms with E-state index in [2.05, 4.69) is 11.8 Å². The van der Waals surface area contributed by atoms with Crippen LogP contribution in [0.3, 0.4) is 0 Å². The largest absolute Gasteiger partial charge is 0.478 e. The summed E-state index contributed by atoms with van der Waals surface area (Å²) >= 11 is 6.09. The van der Waals surface area contributed by atoms with Crippen molar-refractivity contribution in [1.29, 1.82) is 0 Å². The van der Waals surface area contributed by atoms with E-state index in [0.717, 1.165) is 43.9 Å². The fourth-order valence-corrected chi connectivity index (χ4v) is 3.02. The van der Waals surface area contributed by atoms with Crippen molar-refractivity contribution >= 4 is 23.3 Å². The Morgan fingerprint density at radius 2 is 2.10 bits per heavy atom. The van der Waals surface area contributed by atoms with Crippen molar-refractivity contribution in [2.75, 3.05) is 24.7 Å². The van der Waals surface area contributed by atoms with E-state index in [1.807, 2.05) is 13.0 Å². The minimum atomic E-state index is -0.936. The third-order valence-corrected chi connectivity index (χ3v) is 4.08. The smallest absolute Gasteiger partial charge is 0.336 e. The number of anilines is 1. The van der Waals surface area contributed by atoms with Crippen molar-refractivity contribution in [1.82, 2.24) is 0 Å². The van der Waals surface area contributed by atoms with Crippen LogP contribution < -0.4 is 4.90 Å². The van der Waals surface area contributed by atoms with Crippen LogP contribution in [0.5, 0.6) is 0 Å². The summed E-state index contributed by atoms with van der Waals surface area (Å²) in [4.78, 5) is 13.6. The predicted octanol–water partition coefficient (Wildman–Crippen LogP) is 3.35. The first-order valence-electron chi connectivity index (χ1n) is 6.92. The first-order chi connectivity index (χ1) is 9.54. The Kier molecular flexibility index (Phi) is 4.89. The summed E-state index contributed by atoms with van der Waals surface area (Å²) in [6.45, 7) is 6.26. The van der Waals surface area contributed by atoms with Gasteiger partial charge >= 0.3 is 5.97 Å². The maximum Gasteiger partial charge on any atom is 0.336 e. The average Bonchev–Trinajstić information content (AvgIpc) is 2.44. The van der Waals surface area contributed by atoms with E-state index in [1.165, 1.54) is 6.07 Å². The Bertz CT molecular complexity index is 498. The van der Waals surface area contributed by atoms with Crippen molar-refractivity contribution < 1.29 is 14.6 Å². The minimum absolute atomic E-state index is 0.276. The maximum absolute atomic E-state index is 11.3. The number of halogens is 1. The van der Waals surface area contributed by atoms with Gasteiger partial charge in [-0.25, -0.2) is 4.79 Å². The van der Waals surface area contributed by atoms with Gasteiger partial charge in [0, 0.05) is 36.5 Å². The number of hydrogen-bond acceptors (Lipinski definition) is 3. The van der Waals surface area contributed by atoms with Crippen LogP contribution in [-0.4, -0.2) is 36.9 Å². The molecule has 4 nitrogen and oxygen atoms in total. The minimum Gasteiger partial charge on any atom is -0.478 e. The fraction of sp³-hybridized carbons (Fsp3) is 0.533. The SMILES string of the molecule is CCN(c1cc(Cl)cc(C(=O)O)c1C)C1CCOCC1. The van der Waals surface area contributed by atoms with Crippen LogP contribution in [-0.2, 0) is 4.74 Å². The van der Waals surface area contributed by atoms with Gasteiger partial charge in [-0.3, -0.25) is 0 Å². The molecule has 1 aliphatic heterocycles. The molecule has 5 heteroatoms. The summed E-state index contributed by atoms with van der Waals surface area (Å²) in [5.41, 5.74) is 1.97. The second-order valence-electron chi connectivity index (χ2n) is 5.03. The molecular weight excluding hydrogens is 278 g/mol. The summed E-state index contributed by atoms with van der Waals surface area (Å²) in [7, 11) is 0. The molecule has 110 valence electrons. The molecule has 0 aliphatic carbocycles. The molecule has 1 heterocycles. The third kappa shape index (κ3) is 3.07. The molecule has 1 aliphatic rings. The standard InChI is InChI=1S/C15H20ClNO3/c1-3-17(12-4-6-20-7-5-12)14-9-11(16)8-13(10(14)2)15(18)19/h8-9,12H,3-7H2,1-2H3,(H,18,19). The first-order valence-corrected chi connectivity index (χ1v) is 7.30. The van der Waals surface area contributed by atoms with Gasteiger partial charge in [0.2, 0.25) is 0 Å². The topological polar surface area (TPSA) is 49.8 Å². The van der Waals surface area contributed by atoms with Crippen molar-refractivity contribution in [3.8, 4) is 0 Å². The highest BCUT2D eigenvalue weighted by Gasteiger charge is 2.24. The lowest BCUT2D eigenvalue weighted by atomic mass is 10.0. The zero-order valence-corrected chi connectivity index (χ0v) is 12.6. The molecule has 0 atom stereocenters. The summed E-state index contributed by atoms with van der Waals surface area (Å²) in [5, 5.41) is 9.75. The number of nitrogens with zero attached hydrogens (tertiary/aromatic N) is 1. The summed E-state index contributed by atoms with van der Waals surface area (Å²) in [5.74, 6) is -0.936. The van der Waals surface area contributed by atoms with Gasteiger partial charge in [-0.05, 0) is 44.4 Å². The number of carboxylic acid groups (broad SMARTS) is 1. The molecular formula is C15H20ClNO3. The van der Waals surface area contributed by atoms with Crippen molar-refractivity contribution in [2.45, 2.75) is 32.7 Å². The molecule has 0 unspecified atom stereocenters. The van der Waals surface area contributed by atoms with Gasteiger partial charge in [0.05, 0.1) is 5.56 Å². The van der Waals surface area contributed by atoms with E-state index in [0.29, 0.717) is 11.1 Å². The van der Waals surface area contributed by atoms with Gasteiger partial charge < -0.3 is 14.7 Å². The van der Waals surface area contributed by atoms with E-state index >= 15 is 0 Å². The van der Waals surface area contributed by atoms with Crippen LogP contribution in [0, 0.1) is 6.92 Å². The summed E-state index contributed by atoms with van der Waals surface area (Å²) < 4.78 is 5.40. The Morgan fingerprint density at radius 3 is 2.65 bits per heavy atom. The lowest BCUT2D eigenvalue weighted by molar-refractivity contribution is 0.0695. The Hall–Kier alpha value is -1.26. The molecule has 1 aromatic rings. The number of rotatable bonds is 4. The normalized spacial score (nSPS) is 16.1. The quantitative estimate of drug-likeness (QED) is 0.926. The Labute approximate surface area is 124 Å². The zero-order valence-electron chi connectivity index (χ0n) is 11.9. The van der Waals surface area contributed by atoms with Gasteiger partial charge in [-0.1, -0.05) is 11.6 Å². The van der Waals surface area contributed by atoms with Crippen LogP contribution in [0.15, 0.2) is 12.1 Å². The average molecular weight is 298 g/mol. The van der Waals surface area contributed by atoms with Crippen LogP contribution in [0.2, 0.25) is 5.02 Å². The van der Waals surface area contributed by atoms with Crippen molar-refractivity contribution in [3.63, 3.8) is 0 Å². The number of hydrogen-bond donors (Lipinski definition) is 1. The van der Waals surface area contributed by atoms with E-state index in [9.17, 15) is 9.90 Å². The molecule has 0 aromatic heterocycles. The highest BCUT2D eigenvalue weighted by molar-refractivity contribution is 6.31. The third-order valence-electron chi connectivity index (χ3n) is 3.86. The molecule has 1 saturated heterocycles. The van der Waals surface area contributed by atoms with Gasteiger partial charge in [0.1, 0.15) is 0 Å². The molecule has 0 bridgehead atoms. The van der Waals surface area contributed by atoms with Crippen LogP contribution in [0.25, 0.3) is 0 Å². The molecule has 0 spiro atoms. The number of carbonyl (C=O) groups is 1. The molecule has 1 aromatic carbocycles. The second kappa shape index (κ2) is 6.46. The van der Waals surface area contributed by atoms with E-state index in [1.54, 1.807) is 0 Å². The zero-order chi connectivity index (χ0) is 14.7. The monoisotopic (exact) mass is 297 g/mol. The number of ether oxygens (including phenoxy) is 1. The second-order valence-corrected chi connectivity index (χ2v) is 5.47. The van der Waals surface area contributed by atoms with E-state index < -0.39 is 5.97 Å². The Morgan fingerprint density at radius 1 is 1.45 bits per heavy atom. The number of aromatic carboxylic acids is 1. The van der Waals surface area contributed by atoms with Gasteiger partial charge in [0.15, 0.2) is 0 Å². The van der Waals surface area contributed by atoms with Crippen LogP contribution >= 0.6 is 11.6 Å². The number of benzene rings is 1. The maximum atomic E-state index is 11.3. The van der Waals surface area contributed by atoms with Gasteiger partial charge in [0.25, 0.3) is 0 Å². The van der Waals surface area contributed by atoms with Crippen molar-refractivity contribution in [3.05, 3.63) is 28.3 Å². The molecule has 1 fully saturated rings. The van der Waals surface area contributed by atoms with Crippen LogP contribution in [0.4, 0.5) is 5.69 Å². The summed E-state index contributed by atoms with van der Waals surface area (Å²) in [6, 6.07) is 3.76. The van der Waals surface area contributed by atoms with Crippen molar-refractivity contribution in [2.24, 2.45) is 0 Å². The predicted molar refractivity (Wildman–Crippen MR) is 80.0 cm³/mol. The van der Waals surface area contributed by atoms with Gasteiger partial charge in [-0.15, -0.1) is 0 Å².